The first-order valence-electron chi connectivity index (χ1n) is 6.12. The van der Waals surface area contributed by atoms with E-state index in [1.807, 2.05) is 6.07 Å². The first kappa shape index (κ1) is 11.4. The average Bonchev–Trinajstić information content (AvgIpc) is 2.30. The van der Waals surface area contributed by atoms with E-state index < -0.39 is 0 Å². The van der Waals surface area contributed by atoms with Crippen LogP contribution in [0.1, 0.15) is 38.3 Å². The number of nitrogens with two attached hydrogens (primary N) is 1. The second-order valence-corrected chi connectivity index (χ2v) is 4.94. The van der Waals surface area contributed by atoms with E-state index >= 15 is 0 Å². The van der Waals surface area contributed by atoms with Crippen LogP contribution in [0.4, 0.5) is 5.69 Å². The van der Waals surface area contributed by atoms with Crippen LogP contribution in [-0.2, 0) is 0 Å². The summed E-state index contributed by atoms with van der Waals surface area (Å²) in [6.07, 6.45) is 4.29. The van der Waals surface area contributed by atoms with E-state index in [0.29, 0.717) is 12.0 Å². The zero-order valence-electron chi connectivity index (χ0n) is 10.2. The first-order valence-corrected chi connectivity index (χ1v) is 6.12. The van der Waals surface area contributed by atoms with E-state index in [4.69, 9.17) is 5.73 Å². The number of hydrogen-bond donors (Lipinski definition) is 1. The van der Waals surface area contributed by atoms with Crippen LogP contribution < -0.4 is 5.73 Å². The van der Waals surface area contributed by atoms with E-state index in [0.717, 1.165) is 12.2 Å². The fourth-order valence-corrected chi connectivity index (χ4v) is 2.38. The summed E-state index contributed by atoms with van der Waals surface area (Å²) in [7, 11) is 0. The molecular formula is C13H21N3. The first-order chi connectivity index (χ1) is 7.66. The highest BCUT2D eigenvalue weighted by Gasteiger charge is 2.23. The van der Waals surface area contributed by atoms with Gasteiger partial charge in [-0.3, -0.25) is 4.98 Å². The molecule has 3 heteroatoms. The zero-order chi connectivity index (χ0) is 11.5. The monoisotopic (exact) mass is 219 g/mol. The number of aromatic nitrogens is 1. The lowest BCUT2D eigenvalue weighted by Crippen LogP contribution is -2.39. The van der Waals surface area contributed by atoms with Crippen LogP contribution in [0.25, 0.3) is 0 Å². The van der Waals surface area contributed by atoms with Gasteiger partial charge in [-0.25, -0.2) is 0 Å². The molecule has 0 bridgehead atoms. The number of nitrogen functional groups attached to an aromatic ring is 1. The molecule has 88 valence electrons. The number of likely N-dealkylation sites (tertiary alicyclic amines) is 1. The molecule has 2 N–H and O–H groups in total. The van der Waals surface area contributed by atoms with Crippen molar-refractivity contribution in [2.75, 3.05) is 18.8 Å². The largest absolute Gasteiger partial charge is 0.397 e. The van der Waals surface area contributed by atoms with Gasteiger partial charge in [-0.05, 0) is 45.4 Å². The highest BCUT2D eigenvalue weighted by atomic mass is 15.2. The lowest BCUT2D eigenvalue weighted by Gasteiger charge is -2.35. The Morgan fingerprint density at radius 1 is 1.44 bits per heavy atom. The molecule has 1 atom stereocenters. The molecule has 1 aliphatic rings. The Morgan fingerprint density at radius 3 is 2.88 bits per heavy atom. The smallest absolute Gasteiger partial charge is 0.0501 e. The van der Waals surface area contributed by atoms with Crippen LogP contribution in [-0.4, -0.2) is 29.0 Å². The summed E-state index contributed by atoms with van der Waals surface area (Å²) in [4.78, 5) is 6.98. The van der Waals surface area contributed by atoms with Crippen molar-refractivity contribution in [2.24, 2.45) is 0 Å². The molecule has 1 saturated heterocycles. The predicted molar refractivity (Wildman–Crippen MR) is 67.3 cm³/mol. The predicted octanol–water partition coefficient (Wildman–Crippen LogP) is 2.25. The molecule has 3 nitrogen and oxygen atoms in total. The molecular weight excluding hydrogens is 198 g/mol. The quantitative estimate of drug-likeness (QED) is 0.829. The third-order valence-corrected chi connectivity index (χ3v) is 3.41. The summed E-state index contributed by atoms with van der Waals surface area (Å²) in [6, 6.07) is 4.66. The third-order valence-electron chi connectivity index (χ3n) is 3.41. The topological polar surface area (TPSA) is 42.1 Å². The van der Waals surface area contributed by atoms with Gasteiger partial charge in [0.1, 0.15) is 0 Å². The second-order valence-electron chi connectivity index (χ2n) is 4.94. The van der Waals surface area contributed by atoms with Crippen LogP contribution in [0.5, 0.6) is 0 Å². The van der Waals surface area contributed by atoms with E-state index in [9.17, 15) is 0 Å². The number of rotatable bonds is 2. The maximum atomic E-state index is 5.66. The van der Waals surface area contributed by atoms with Crippen LogP contribution in [0.15, 0.2) is 18.3 Å². The van der Waals surface area contributed by atoms with Crippen molar-refractivity contribution >= 4 is 5.69 Å². The summed E-state index contributed by atoms with van der Waals surface area (Å²) < 4.78 is 0. The second kappa shape index (κ2) is 4.83. The summed E-state index contributed by atoms with van der Waals surface area (Å²) in [5.41, 5.74) is 7.60. The average molecular weight is 219 g/mol. The molecule has 1 unspecified atom stereocenters. The summed E-state index contributed by atoms with van der Waals surface area (Å²) in [5, 5.41) is 0. The standard InChI is InChI=1S/C13H21N3/c1-10(2)16-7-3-4-11(9-16)13-6-5-12(14)8-15-13/h5-6,8,10-11H,3-4,7,9,14H2,1-2H3. The highest BCUT2D eigenvalue weighted by molar-refractivity contribution is 5.35. The molecule has 0 spiro atoms. The molecule has 16 heavy (non-hydrogen) atoms. The van der Waals surface area contributed by atoms with E-state index in [-0.39, 0.29) is 0 Å². The molecule has 1 aliphatic heterocycles. The normalized spacial score (nSPS) is 22.6. The van der Waals surface area contributed by atoms with E-state index in [2.05, 4.69) is 29.8 Å². The molecule has 1 aromatic heterocycles. The lowest BCUT2D eigenvalue weighted by atomic mass is 9.93. The molecule has 0 amide bonds. The fourth-order valence-electron chi connectivity index (χ4n) is 2.38. The molecule has 0 aliphatic carbocycles. The Kier molecular flexibility index (Phi) is 3.44. The molecule has 0 radical (unpaired) electrons. The van der Waals surface area contributed by atoms with Crippen molar-refractivity contribution in [3.63, 3.8) is 0 Å². The Labute approximate surface area is 97.7 Å². The summed E-state index contributed by atoms with van der Waals surface area (Å²) >= 11 is 0. The van der Waals surface area contributed by atoms with Crippen molar-refractivity contribution in [1.82, 2.24) is 9.88 Å². The van der Waals surface area contributed by atoms with E-state index in [1.165, 1.54) is 25.1 Å². The van der Waals surface area contributed by atoms with Crippen molar-refractivity contribution in [2.45, 2.75) is 38.6 Å². The van der Waals surface area contributed by atoms with Crippen molar-refractivity contribution in [1.29, 1.82) is 0 Å². The van der Waals surface area contributed by atoms with Gasteiger partial charge in [0.05, 0.1) is 11.9 Å². The summed E-state index contributed by atoms with van der Waals surface area (Å²) in [5.74, 6) is 0.580. The SMILES string of the molecule is CC(C)N1CCCC(c2ccc(N)cn2)C1. The van der Waals surface area contributed by atoms with Gasteiger partial charge in [-0.15, -0.1) is 0 Å². The minimum atomic E-state index is 0.580. The Bertz CT molecular complexity index is 332. The number of hydrogen-bond acceptors (Lipinski definition) is 3. The van der Waals surface area contributed by atoms with Gasteiger partial charge in [-0.1, -0.05) is 0 Å². The Morgan fingerprint density at radius 2 is 2.25 bits per heavy atom. The Balaban J connectivity index is 2.06. The van der Waals surface area contributed by atoms with Crippen LogP contribution in [0, 0.1) is 0 Å². The molecule has 0 saturated carbocycles. The number of nitrogens with zero attached hydrogens (tertiary/aromatic N) is 2. The van der Waals surface area contributed by atoms with Gasteiger partial charge in [0.2, 0.25) is 0 Å². The van der Waals surface area contributed by atoms with Gasteiger partial charge in [-0.2, -0.15) is 0 Å². The van der Waals surface area contributed by atoms with Gasteiger partial charge in [0.25, 0.3) is 0 Å². The minimum Gasteiger partial charge on any atom is -0.397 e. The maximum Gasteiger partial charge on any atom is 0.0501 e. The van der Waals surface area contributed by atoms with Crippen molar-refractivity contribution in [3.8, 4) is 0 Å². The van der Waals surface area contributed by atoms with Gasteiger partial charge in [0, 0.05) is 24.2 Å². The molecule has 1 fully saturated rings. The summed E-state index contributed by atoms with van der Waals surface area (Å²) in [6.45, 7) is 6.88. The highest BCUT2D eigenvalue weighted by Crippen LogP contribution is 2.26. The zero-order valence-corrected chi connectivity index (χ0v) is 10.2. The molecule has 0 aromatic carbocycles. The van der Waals surface area contributed by atoms with Crippen LogP contribution >= 0.6 is 0 Å². The minimum absolute atomic E-state index is 0.580. The number of piperidine rings is 1. The fraction of sp³-hybridized carbons (Fsp3) is 0.615. The van der Waals surface area contributed by atoms with Crippen molar-refractivity contribution < 1.29 is 0 Å². The lowest BCUT2D eigenvalue weighted by molar-refractivity contribution is 0.166. The molecule has 2 rings (SSSR count). The van der Waals surface area contributed by atoms with Gasteiger partial charge >= 0.3 is 0 Å². The van der Waals surface area contributed by atoms with Gasteiger partial charge < -0.3 is 10.6 Å². The number of anilines is 1. The Hall–Kier alpha value is -1.09. The molecule has 1 aromatic rings. The third kappa shape index (κ3) is 2.53. The maximum absolute atomic E-state index is 5.66. The number of pyridine rings is 1. The van der Waals surface area contributed by atoms with Crippen LogP contribution in [0.2, 0.25) is 0 Å². The van der Waals surface area contributed by atoms with Crippen molar-refractivity contribution in [3.05, 3.63) is 24.0 Å². The molecule has 2 heterocycles. The van der Waals surface area contributed by atoms with Gasteiger partial charge in [0.15, 0.2) is 0 Å². The van der Waals surface area contributed by atoms with E-state index in [1.54, 1.807) is 6.20 Å². The van der Waals surface area contributed by atoms with Crippen LogP contribution in [0.3, 0.4) is 0 Å².